The molecule has 0 bridgehead atoms. The van der Waals surface area contributed by atoms with E-state index in [1.165, 1.54) is 24.3 Å². The van der Waals surface area contributed by atoms with E-state index >= 15 is 0 Å². The number of hydrogen-bond acceptors (Lipinski definition) is 2. The number of Topliss-reactive ketones (excluding diaryl/α,β-unsaturated/α-hetero) is 1. The molecular formula is C13H17NOS. The van der Waals surface area contributed by atoms with Crippen LogP contribution in [0.4, 0.5) is 0 Å². The van der Waals surface area contributed by atoms with E-state index in [0.29, 0.717) is 5.78 Å². The first-order valence-electron chi connectivity index (χ1n) is 6.17. The highest BCUT2D eigenvalue weighted by atomic mass is 32.2. The molecule has 1 atom stereocenters. The smallest absolute Gasteiger partial charge is 0.164 e. The van der Waals surface area contributed by atoms with Gasteiger partial charge in [0, 0.05) is 35.7 Å². The van der Waals surface area contributed by atoms with E-state index in [2.05, 4.69) is 22.5 Å². The Kier molecular flexibility index (Phi) is 2.80. The molecule has 1 aromatic rings. The molecule has 1 aliphatic carbocycles. The average molecular weight is 235 g/mol. The minimum absolute atomic E-state index is 0.346. The summed E-state index contributed by atoms with van der Waals surface area (Å²) in [7, 11) is 0. The summed E-state index contributed by atoms with van der Waals surface area (Å²) in [5, 5.41) is 0.772. The molecule has 0 radical (unpaired) electrons. The van der Waals surface area contributed by atoms with Gasteiger partial charge in [0.25, 0.3) is 0 Å². The summed E-state index contributed by atoms with van der Waals surface area (Å²) in [5.41, 5.74) is 2.29. The zero-order chi connectivity index (χ0) is 11.0. The van der Waals surface area contributed by atoms with Crippen LogP contribution in [0.5, 0.6) is 0 Å². The summed E-state index contributed by atoms with van der Waals surface area (Å²) in [6.07, 6.45) is 7.68. The molecule has 2 heterocycles. The van der Waals surface area contributed by atoms with Gasteiger partial charge >= 0.3 is 0 Å². The van der Waals surface area contributed by atoms with Gasteiger partial charge < -0.3 is 4.57 Å². The molecule has 0 N–H and O–H groups in total. The second kappa shape index (κ2) is 4.28. The van der Waals surface area contributed by atoms with Crippen LogP contribution < -0.4 is 0 Å². The van der Waals surface area contributed by atoms with Crippen LogP contribution in [-0.2, 0) is 13.0 Å². The maximum Gasteiger partial charge on any atom is 0.164 e. The summed E-state index contributed by atoms with van der Waals surface area (Å²) in [6.45, 7) is 1.10. The molecule has 3 rings (SSSR count). The van der Waals surface area contributed by atoms with Gasteiger partial charge in [0.15, 0.2) is 5.78 Å². The van der Waals surface area contributed by atoms with Crippen molar-refractivity contribution in [2.75, 3.05) is 5.75 Å². The number of carbonyl (C=O) groups excluding carboxylic acids is 1. The van der Waals surface area contributed by atoms with Crippen LogP contribution in [0.3, 0.4) is 0 Å². The van der Waals surface area contributed by atoms with Gasteiger partial charge in [-0.1, -0.05) is 0 Å². The van der Waals surface area contributed by atoms with Crippen LogP contribution in [0.25, 0.3) is 0 Å². The zero-order valence-corrected chi connectivity index (χ0v) is 10.3. The molecule has 2 nitrogen and oxygen atoms in total. The number of fused-ring (bicyclic) bond motifs is 1. The van der Waals surface area contributed by atoms with E-state index in [1.807, 2.05) is 6.07 Å². The Balaban J connectivity index is 1.82. The highest BCUT2D eigenvalue weighted by molar-refractivity contribution is 8.00. The first kappa shape index (κ1) is 10.5. The molecular weight excluding hydrogens is 218 g/mol. The number of aromatic nitrogens is 1. The van der Waals surface area contributed by atoms with E-state index in [-0.39, 0.29) is 0 Å². The molecule has 1 fully saturated rings. The highest BCUT2D eigenvalue weighted by Crippen LogP contribution is 2.29. The highest BCUT2D eigenvalue weighted by Gasteiger charge is 2.23. The van der Waals surface area contributed by atoms with Crippen molar-refractivity contribution in [1.29, 1.82) is 0 Å². The largest absolute Gasteiger partial charge is 0.350 e. The third-order valence-electron chi connectivity index (χ3n) is 3.62. The predicted molar refractivity (Wildman–Crippen MR) is 67.2 cm³/mol. The minimum atomic E-state index is 0.346. The molecule has 1 aromatic heterocycles. The maximum absolute atomic E-state index is 11.7. The van der Waals surface area contributed by atoms with Crippen molar-refractivity contribution < 1.29 is 4.79 Å². The average Bonchev–Trinajstić information content (AvgIpc) is 2.90. The molecule has 1 saturated heterocycles. The summed E-state index contributed by atoms with van der Waals surface area (Å²) < 4.78 is 2.33. The van der Waals surface area contributed by atoms with Crippen molar-refractivity contribution in [3.63, 3.8) is 0 Å². The molecule has 1 unspecified atom stereocenters. The van der Waals surface area contributed by atoms with E-state index < -0.39 is 0 Å². The quantitative estimate of drug-likeness (QED) is 0.786. The van der Waals surface area contributed by atoms with Gasteiger partial charge in [-0.05, 0) is 37.5 Å². The molecule has 16 heavy (non-hydrogen) atoms. The summed E-state index contributed by atoms with van der Waals surface area (Å²) in [4.78, 5) is 11.7. The molecule has 1 aliphatic heterocycles. The monoisotopic (exact) mass is 235 g/mol. The third kappa shape index (κ3) is 1.81. The molecule has 0 amide bonds. The van der Waals surface area contributed by atoms with Crippen molar-refractivity contribution in [3.8, 4) is 0 Å². The number of ketones is 1. The van der Waals surface area contributed by atoms with Crippen molar-refractivity contribution in [2.45, 2.75) is 43.9 Å². The van der Waals surface area contributed by atoms with Crippen LogP contribution in [0, 0.1) is 0 Å². The molecule has 0 spiro atoms. The van der Waals surface area contributed by atoms with Gasteiger partial charge in [-0.25, -0.2) is 0 Å². The van der Waals surface area contributed by atoms with Crippen molar-refractivity contribution in [2.24, 2.45) is 0 Å². The molecule has 86 valence electrons. The lowest BCUT2D eigenvalue weighted by Gasteiger charge is -2.17. The summed E-state index contributed by atoms with van der Waals surface area (Å²) >= 11 is 2.09. The van der Waals surface area contributed by atoms with Crippen molar-refractivity contribution in [3.05, 3.63) is 23.5 Å². The van der Waals surface area contributed by atoms with Crippen molar-refractivity contribution >= 4 is 17.5 Å². The van der Waals surface area contributed by atoms with Gasteiger partial charge in [0.1, 0.15) is 0 Å². The van der Waals surface area contributed by atoms with Gasteiger partial charge in [0.05, 0.1) is 0 Å². The Bertz CT molecular complexity index is 404. The van der Waals surface area contributed by atoms with Crippen LogP contribution in [0.2, 0.25) is 0 Å². The molecule has 2 aliphatic rings. The first-order chi connectivity index (χ1) is 7.84. The molecule has 0 saturated carbocycles. The van der Waals surface area contributed by atoms with Crippen LogP contribution in [0.1, 0.15) is 41.7 Å². The lowest BCUT2D eigenvalue weighted by Crippen LogP contribution is -2.16. The van der Waals surface area contributed by atoms with Crippen LogP contribution in [-0.4, -0.2) is 21.4 Å². The number of rotatable bonds is 2. The van der Waals surface area contributed by atoms with E-state index in [4.69, 9.17) is 0 Å². The number of thioether (sulfide) groups is 1. The first-order valence-corrected chi connectivity index (χ1v) is 7.22. The minimum Gasteiger partial charge on any atom is -0.350 e. The van der Waals surface area contributed by atoms with Gasteiger partial charge in [0.2, 0.25) is 0 Å². The summed E-state index contributed by atoms with van der Waals surface area (Å²) in [6, 6.07) is 2.02. The van der Waals surface area contributed by atoms with E-state index in [1.54, 1.807) is 0 Å². The Morgan fingerprint density at radius 2 is 2.31 bits per heavy atom. The van der Waals surface area contributed by atoms with Gasteiger partial charge in [-0.15, -0.1) is 0 Å². The molecule has 0 aromatic carbocycles. The topological polar surface area (TPSA) is 22.0 Å². The Labute approximate surface area is 100 Å². The third-order valence-corrected chi connectivity index (χ3v) is 5.00. The fraction of sp³-hybridized carbons (Fsp3) is 0.615. The standard InChI is InChI=1S/C13H17NOS/c15-13-5-1-4-12-11(13)6-7-14(12)9-10-3-2-8-16-10/h6-7,10H,1-5,8-9H2. The lowest BCUT2D eigenvalue weighted by atomic mass is 9.97. The summed E-state index contributed by atoms with van der Waals surface area (Å²) in [5.74, 6) is 1.66. The molecule has 3 heteroatoms. The fourth-order valence-corrected chi connectivity index (χ4v) is 4.03. The lowest BCUT2D eigenvalue weighted by molar-refractivity contribution is 0.0971. The SMILES string of the molecule is O=C1CCCc2c1ccn2CC1CCCS1. The fourth-order valence-electron chi connectivity index (χ4n) is 2.77. The Hall–Kier alpha value is -0.700. The maximum atomic E-state index is 11.7. The van der Waals surface area contributed by atoms with E-state index in [9.17, 15) is 4.79 Å². The van der Waals surface area contributed by atoms with E-state index in [0.717, 1.165) is 36.6 Å². The zero-order valence-electron chi connectivity index (χ0n) is 9.45. The number of nitrogens with zero attached hydrogens (tertiary/aromatic N) is 1. The second-order valence-corrected chi connectivity index (χ2v) is 6.15. The second-order valence-electron chi connectivity index (χ2n) is 4.74. The van der Waals surface area contributed by atoms with Crippen LogP contribution in [0.15, 0.2) is 12.3 Å². The van der Waals surface area contributed by atoms with Crippen LogP contribution >= 0.6 is 11.8 Å². The van der Waals surface area contributed by atoms with Gasteiger partial charge in [-0.2, -0.15) is 11.8 Å². The Morgan fingerprint density at radius 3 is 3.12 bits per heavy atom. The Morgan fingerprint density at radius 1 is 1.38 bits per heavy atom. The number of carbonyl (C=O) groups is 1. The van der Waals surface area contributed by atoms with Gasteiger partial charge in [-0.3, -0.25) is 4.79 Å². The normalized spacial score (nSPS) is 24.8. The predicted octanol–water partition coefficient (Wildman–Crippen LogP) is 2.90. The number of hydrogen-bond donors (Lipinski definition) is 0. The van der Waals surface area contributed by atoms with Crippen molar-refractivity contribution in [1.82, 2.24) is 4.57 Å².